The summed E-state index contributed by atoms with van der Waals surface area (Å²) in [5.74, 6) is 0.660. The lowest BCUT2D eigenvalue weighted by Gasteiger charge is -2.10. The van der Waals surface area contributed by atoms with Crippen molar-refractivity contribution in [2.75, 3.05) is 6.61 Å². The van der Waals surface area contributed by atoms with Crippen LogP contribution in [0.2, 0.25) is 10.0 Å². The van der Waals surface area contributed by atoms with Gasteiger partial charge in [-0.15, -0.1) is 0 Å². The van der Waals surface area contributed by atoms with Gasteiger partial charge in [0.15, 0.2) is 17.2 Å². The molecule has 6 nitrogen and oxygen atoms in total. The number of hydrogen-bond donors (Lipinski definition) is 2. The van der Waals surface area contributed by atoms with E-state index in [0.717, 1.165) is 11.3 Å². The largest absolute Gasteiger partial charge is 0.482 e. The molecule has 0 unspecified atom stereocenters. The van der Waals surface area contributed by atoms with Crippen molar-refractivity contribution in [1.29, 1.82) is 0 Å². The van der Waals surface area contributed by atoms with Crippen molar-refractivity contribution in [3.63, 3.8) is 0 Å². The molecule has 3 aromatic rings. The molecule has 0 atom stereocenters. The van der Waals surface area contributed by atoms with Crippen LogP contribution in [0.5, 0.6) is 5.75 Å². The monoisotopic (exact) mass is 422 g/mol. The van der Waals surface area contributed by atoms with Crippen LogP contribution in [0.1, 0.15) is 11.4 Å². The Balaban J connectivity index is 1.63. The number of halogens is 2. The quantitative estimate of drug-likeness (QED) is 0.582. The Labute approximate surface area is 171 Å². The molecular weight excluding hydrogens is 407 g/mol. The van der Waals surface area contributed by atoms with Gasteiger partial charge in [0.05, 0.1) is 11.6 Å². The van der Waals surface area contributed by atoms with Crippen LogP contribution in [0.25, 0.3) is 5.69 Å². The second kappa shape index (κ2) is 8.56. The number of rotatable bonds is 6. The standard InChI is InChI=1S/C18H16Cl2N4O2S/c1-11-3-2-4-13(7-11)24-16(22-23-18(24)27)9-21-17(25)10-26-15-6-5-12(19)8-14(15)20/h2-8H,9-10H2,1H3,(H,21,25)(H,23,27). The van der Waals surface area contributed by atoms with Crippen LogP contribution in [0, 0.1) is 11.7 Å². The van der Waals surface area contributed by atoms with Crippen molar-refractivity contribution in [2.24, 2.45) is 0 Å². The summed E-state index contributed by atoms with van der Waals surface area (Å²) in [5, 5.41) is 10.5. The fourth-order valence-corrected chi connectivity index (χ4v) is 3.17. The summed E-state index contributed by atoms with van der Waals surface area (Å²) in [6.07, 6.45) is 0. The van der Waals surface area contributed by atoms with Crippen LogP contribution in [0.4, 0.5) is 0 Å². The predicted molar refractivity (Wildman–Crippen MR) is 107 cm³/mol. The van der Waals surface area contributed by atoms with Crippen molar-refractivity contribution in [3.8, 4) is 11.4 Å². The van der Waals surface area contributed by atoms with Gasteiger partial charge in [-0.2, -0.15) is 5.10 Å². The Morgan fingerprint density at radius 3 is 2.85 bits per heavy atom. The van der Waals surface area contributed by atoms with E-state index < -0.39 is 0 Å². The lowest BCUT2D eigenvalue weighted by atomic mass is 10.2. The molecule has 140 valence electrons. The summed E-state index contributed by atoms with van der Waals surface area (Å²) in [4.78, 5) is 12.1. The van der Waals surface area contributed by atoms with Gasteiger partial charge in [0, 0.05) is 10.7 Å². The first-order chi connectivity index (χ1) is 12.9. The lowest BCUT2D eigenvalue weighted by Crippen LogP contribution is -2.29. The molecule has 0 radical (unpaired) electrons. The zero-order valence-corrected chi connectivity index (χ0v) is 16.7. The molecule has 0 aliphatic heterocycles. The maximum absolute atomic E-state index is 12.1. The fourth-order valence-electron chi connectivity index (χ4n) is 2.45. The van der Waals surface area contributed by atoms with E-state index in [4.69, 9.17) is 40.2 Å². The normalized spacial score (nSPS) is 10.6. The molecule has 0 saturated heterocycles. The minimum absolute atomic E-state index is 0.184. The van der Waals surface area contributed by atoms with Gasteiger partial charge in [0.25, 0.3) is 5.91 Å². The van der Waals surface area contributed by atoms with E-state index in [-0.39, 0.29) is 19.1 Å². The van der Waals surface area contributed by atoms with Gasteiger partial charge in [-0.25, -0.2) is 0 Å². The number of aromatic amines is 1. The topological polar surface area (TPSA) is 71.9 Å². The highest BCUT2D eigenvalue weighted by atomic mass is 35.5. The zero-order valence-electron chi connectivity index (χ0n) is 14.3. The van der Waals surface area contributed by atoms with Gasteiger partial charge in [-0.1, -0.05) is 35.3 Å². The van der Waals surface area contributed by atoms with Gasteiger partial charge in [-0.05, 0) is 55.0 Å². The van der Waals surface area contributed by atoms with Crippen LogP contribution < -0.4 is 10.1 Å². The van der Waals surface area contributed by atoms with Crippen molar-refractivity contribution in [1.82, 2.24) is 20.1 Å². The number of benzene rings is 2. The Morgan fingerprint density at radius 1 is 1.30 bits per heavy atom. The minimum Gasteiger partial charge on any atom is -0.482 e. The summed E-state index contributed by atoms with van der Waals surface area (Å²) in [7, 11) is 0. The van der Waals surface area contributed by atoms with Gasteiger partial charge in [0.2, 0.25) is 0 Å². The van der Waals surface area contributed by atoms with Crippen LogP contribution in [-0.4, -0.2) is 27.3 Å². The smallest absolute Gasteiger partial charge is 0.258 e. The molecule has 0 spiro atoms. The maximum Gasteiger partial charge on any atom is 0.258 e. The average molecular weight is 423 g/mol. The highest BCUT2D eigenvalue weighted by molar-refractivity contribution is 7.71. The average Bonchev–Trinajstić information content (AvgIpc) is 3.00. The number of nitrogens with one attached hydrogen (secondary N) is 2. The molecule has 2 aromatic carbocycles. The highest BCUT2D eigenvalue weighted by Gasteiger charge is 2.11. The Kier molecular flexibility index (Phi) is 6.15. The van der Waals surface area contributed by atoms with Crippen molar-refractivity contribution in [2.45, 2.75) is 13.5 Å². The number of carbonyl (C=O) groups excluding carboxylic acids is 1. The molecule has 0 bridgehead atoms. The molecule has 0 aliphatic carbocycles. The predicted octanol–water partition coefficient (Wildman–Crippen LogP) is 4.24. The first-order valence-electron chi connectivity index (χ1n) is 8.02. The lowest BCUT2D eigenvalue weighted by molar-refractivity contribution is -0.123. The van der Waals surface area contributed by atoms with Crippen molar-refractivity contribution < 1.29 is 9.53 Å². The maximum atomic E-state index is 12.1. The van der Waals surface area contributed by atoms with E-state index in [9.17, 15) is 4.79 Å². The molecule has 0 aliphatic rings. The number of ether oxygens (including phenoxy) is 1. The van der Waals surface area contributed by atoms with E-state index in [1.165, 1.54) is 0 Å². The van der Waals surface area contributed by atoms with Crippen molar-refractivity contribution in [3.05, 3.63) is 68.7 Å². The zero-order chi connectivity index (χ0) is 19.4. The van der Waals surface area contributed by atoms with E-state index in [1.54, 1.807) is 22.8 Å². The van der Waals surface area contributed by atoms with Crippen LogP contribution in [0.15, 0.2) is 42.5 Å². The van der Waals surface area contributed by atoms with Gasteiger partial charge in [0.1, 0.15) is 5.75 Å². The molecule has 3 rings (SSSR count). The third-order valence-electron chi connectivity index (χ3n) is 3.70. The third-order valence-corrected chi connectivity index (χ3v) is 4.50. The van der Waals surface area contributed by atoms with Gasteiger partial charge in [-0.3, -0.25) is 14.5 Å². The molecule has 2 N–H and O–H groups in total. The molecule has 9 heteroatoms. The fraction of sp³-hybridized carbons (Fsp3) is 0.167. The van der Waals surface area contributed by atoms with Gasteiger partial charge < -0.3 is 10.1 Å². The summed E-state index contributed by atoms with van der Waals surface area (Å²) >= 11 is 17.2. The van der Waals surface area contributed by atoms with Crippen LogP contribution in [-0.2, 0) is 11.3 Å². The Bertz CT molecular complexity index is 1030. The number of H-pyrrole nitrogens is 1. The van der Waals surface area contributed by atoms with E-state index in [2.05, 4.69) is 15.5 Å². The van der Waals surface area contributed by atoms with E-state index >= 15 is 0 Å². The number of aromatic nitrogens is 3. The van der Waals surface area contributed by atoms with Crippen molar-refractivity contribution >= 4 is 41.3 Å². The SMILES string of the molecule is Cc1cccc(-n2c(CNC(=O)COc3ccc(Cl)cc3Cl)n[nH]c2=S)c1. The molecule has 1 amide bonds. The molecule has 0 fully saturated rings. The highest BCUT2D eigenvalue weighted by Crippen LogP contribution is 2.27. The van der Waals surface area contributed by atoms with Crippen LogP contribution in [0.3, 0.4) is 0 Å². The number of amides is 1. The molecule has 1 aromatic heterocycles. The number of carbonyl (C=O) groups is 1. The summed E-state index contributed by atoms with van der Waals surface area (Å²) in [5.41, 5.74) is 1.97. The number of hydrogen-bond acceptors (Lipinski definition) is 4. The van der Waals surface area contributed by atoms with Crippen LogP contribution >= 0.6 is 35.4 Å². The molecule has 27 heavy (non-hydrogen) atoms. The van der Waals surface area contributed by atoms with E-state index in [0.29, 0.717) is 26.4 Å². The summed E-state index contributed by atoms with van der Waals surface area (Å²) in [6, 6.07) is 12.6. The Morgan fingerprint density at radius 2 is 2.11 bits per heavy atom. The minimum atomic E-state index is -0.314. The molecule has 0 saturated carbocycles. The summed E-state index contributed by atoms with van der Waals surface area (Å²) in [6.45, 7) is 2.00. The Hall–Kier alpha value is -2.35. The first kappa shape index (κ1) is 19.4. The second-order valence-corrected chi connectivity index (χ2v) is 6.99. The second-order valence-electron chi connectivity index (χ2n) is 5.76. The first-order valence-corrected chi connectivity index (χ1v) is 9.18. The van der Waals surface area contributed by atoms with Gasteiger partial charge >= 0.3 is 0 Å². The number of nitrogens with zero attached hydrogens (tertiary/aromatic N) is 2. The molecule has 1 heterocycles. The van der Waals surface area contributed by atoms with E-state index in [1.807, 2.05) is 31.2 Å². The summed E-state index contributed by atoms with van der Waals surface area (Å²) < 4.78 is 7.65. The third kappa shape index (κ3) is 4.88. The molecular formula is C18H16Cl2N4O2S. The number of aryl methyl sites for hydroxylation is 1.